The summed E-state index contributed by atoms with van der Waals surface area (Å²) in [6.45, 7) is 2.11. The molecular formula is C22H20N2O2S. The summed E-state index contributed by atoms with van der Waals surface area (Å²) in [6.07, 6.45) is 1.79. The van der Waals surface area contributed by atoms with Crippen LogP contribution in [0.25, 0.3) is 21.3 Å². The van der Waals surface area contributed by atoms with E-state index in [1.165, 1.54) is 10.4 Å². The lowest BCUT2D eigenvalue weighted by Gasteiger charge is -2.13. The maximum atomic E-state index is 5.52. The van der Waals surface area contributed by atoms with E-state index in [9.17, 15) is 0 Å². The molecule has 0 unspecified atom stereocenters. The predicted octanol–water partition coefficient (Wildman–Crippen LogP) is 6.03. The summed E-state index contributed by atoms with van der Waals surface area (Å²) in [5.74, 6) is 1.58. The van der Waals surface area contributed by atoms with Crippen LogP contribution in [0.5, 0.6) is 11.5 Å². The van der Waals surface area contributed by atoms with Crippen molar-refractivity contribution in [1.29, 1.82) is 0 Å². The number of methoxy groups -OCH3 is 2. The third-order valence-electron chi connectivity index (χ3n) is 4.39. The number of benzene rings is 2. The van der Waals surface area contributed by atoms with Crippen LogP contribution >= 0.6 is 11.3 Å². The number of aromatic nitrogens is 1. The van der Waals surface area contributed by atoms with Gasteiger partial charge in [-0.1, -0.05) is 12.1 Å². The third kappa shape index (κ3) is 3.46. The van der Waals surface area contributed by atoms with Crippen molar-refractivity contribution in [2.45, 2.75) is 6.92 Å². The molecule has 0 spiro atoms. The molecule has 0 aliphatic carbocycles. The standard InChI is InChI=1S/C22H20N2O2S/c1-14-9-21(27-13-14)15-10-16(12-17(11-15)25-2)24-19-7-8-23-22-18(19)5-4-6-20(22)26-3/h4-13H,1-3H3,(H,23,24). The molecule has 2 aromatic heterocycles. The van der Waals surface area contributed by atoms with Gasteiger partial charge < -0.3 is 14.8 Å². The molecule has 0 radical (unpaired) electrons. The first-order valence-electron chi connectivity index (χ1n) is 8.61. The molecule has 2 aromatic carbocycles. The molecule has 1 N–H and O–H groups in total. The van der Waals surface area contributed by atoms with Crippen molar-refractivity contribution in [3.05, 3.63) is 65.7 Å². The van der Waals surface area contributed by atoms with Crippen molar-refractivity contribution < 1.29 is 9.47 Å². The second-order valence-electron chi connectivity index (χ2n) is 6.28. The van der Waals surface area contributed by atoms with Crippen LogP contribution in [0.3, 0.4) is 0 Å². The first-order chi connectivity index (χ1) is 13.2. The lowest BCUT2D eigenvalue weighted by molar-refractivity contribution is 0.415. The second kappa shape index (κ2) is 7.29. The summed E-state index contributed by atoms with van der Waals surface area (Å²) >= 11 is 1.73. The zero-order chi connectivity index (χ0) is 18.8. The number of thiophene rings is 1. The van der Waals surface area contributed by atoms with Crippen LogP contribution in [0.15, 0.2) is 60.1 Å². The van der Waals surface area contributed by atoms with Gasteiger partial charge in [-0.15, -0.1) is 11.3 Å². The summed E-state index contributed by atoms with van der Waals surface area (Å²) in [7, 11) is 3.35. The molecule has 0 aliphatic rings. The Morgan fingerprint density at radius 1 is 1.00 bits per heavy atom. The van der Waals surface area contributed by atoms with Gasteiger partial charge in [0.25, 0.3) is 0 Å². The SMILES string of the molecule is COc1cc(Nc2ccnc3c(OC)cccc23)cc(-c2cc(C)cs2)c1. The maximum absolute atomic E-state index is 5.52. The quantitative estimate of drug-likeness (QED) is 0.462. The fourth-order valence-electron chi connectivity index (χ4n) is 3.09. The van der Waals surface area contributed by atoms with Crippen LogP contribution in [0.4, 0.5) is 11.4 Å². The van der Waals surface area contributed by atoms with Crippen molar-refractivity contribution in [1.82, 2.24) is 4.98 Å². The van der Waals surface area contributed by atoms with E-state index in [0.29, 0.717) is 0 Å². The van der Waals surface area contributed by atoms with Gasteiger partial charge in [-0.2, -0.15) is 0 Å². The Morgan fingerprint density at radius 3 is 2.63 bits per heavy atom. The van der Waals surface area contributed by atoms with Gasteiger partial charge in [-0.3, -0.25) is 4.98 Å². The highest BCUT2D eigenvalue weighted by molar-refractivity contribution is 7.13. The molecule has 0 aliphatic heterocycles. The molecule has 4 nitrogen and oxygen atoms in total. The molecule has 0 saturated heterocycles. The number of hydrogen-bond acceptors (Lipinski definition) is 5. The number of pyridine rings is 1. The van der Waals surface area contributed by atoms with Crippen LogP contribution < -0.4 is 14.8 Å². The molecule has 4 rings (SSSR count). The van der Waals surface area contributed by atoms with Crippen molar-refractivity contribution in [2.24, 2.45) is 0 Å². The Labute approximate surface area is 162 Å². The van der Waals surface area contributed by atoms with E-state index < -0.39 is 0 Å². The van der Waals surface area contributed by atoms with E-state index in [0.717, 1.165) is 39.3 Å². The van der Waals surface area contributed by atoms with E-state index in [2.05, 4.69) is 40.8 Å². The molecule has 0 fully saturated rings. The summed E-state index contributed by atoms with van der Waals surface area (Å²) < 4.78 is 11.0. The number of ether oxygens (including phenoxy) is 2. The van der Waals surface area contributed by atoms with Crippen molar-refractivity contribution in [3.63, 3.8) is 0 Å². The van der Waals surface area contributed by atoms with Gasteiger partial charge >= 0.3 is 0 Å². The molecule has 0 bridgehead atoms. The normalized spacial score (nSPS) is 10.8. The van der Waals surface area contributed by atoms with Crippen LogP contribution in [0, 0.1) is 6.92 Å². The molecule has 0 amide bonds. The van der Waals surface area contributed by atoms with Crippen molar-refractivity contribution in [3.8, 4) is 21.9 Å². The van der Waals surface area contributed by atoms with Crippen molar-refractivity contribution in [2.75, 3.05) is 19.5 Å². The minimum absolute atomic E-state index is 0.761. The number of hydrogen-bond donors (Lipinski definition) is 1. The van der Waals surface area contributed by atoms with E-state index >= 15 is 0 Å². The number of nitrogens with zero attached hydrogens (tertiary/aromatic N) is 1. The molecule has 4 aromatic rings. The van der Waals surface area contributed by atoms with E-state index in [1.54, 1.807) is 31.8 Å². The average molecular weight is 376 g/mol. The zero-order valence-corrected chi connectivity index (χ0v) is 16.3. The van der Waals surface area contributed by atoms with Crippen LogP contribution in [0.2, 0.25) is 0 Å². The zero-order valence-electron chi connectivity index (χ0n) is 15.4. The summed E-state index contributed by atoms with van der Waals surface area (Å²) in [5.41, 5.74) is 5.17. The molecule has 0 atom stereocenters. The van der Waals surface area contributed by atoms with Crippen LogP contribution in [-0.4, -0.2) is 19.2 Å². The molecular weight excluding hydrogens is 356 g/mol. The van der Waals surface area contributed by atoms with E-state index in [-0.39, 0.29) is 0 Å². The van der Waals surface area contributed by atoms with Gasteiger partial charge in [-0.05, 0) is 53.8 Å². The van der Waals surface area contributed by atoms with Crippen LogP contribution in [-0.2, 0) is 0 Å². The van der Waals surface area contributed by atoms with Gasteiger partial charge in [0.1, 0.15) is 17.0 Å². The number of anilines is 2. The van der Waals surface area contributed by atoms with Crippen molar-refractivity contribution >= 4 is 33.6 Å². The minimum atomic E-state index is 0.761. The fraction of sp³-hybridized carbons (Fsp3) is 0.136. The number of aryl methyl sites for hydroxylation is 1. The Hall–Kier alpha value is -3.05. The topological polar surface area (TPSA) is 43.4 Å². The molecule has 5 heteroatoms. The third-order valence-corrected chi connectivity index (χ3v) is 5.49. The average Bonchev–Trinajstić information content (AvgIpc) is 3.14. The van der Waals surface area contributed by atoms with Gasteiger partial charge in [-0.25, -0.2) is 0 Å². The molecule has 27 heavy (non-hydrogen) atoms. The number of fused-ring (bicyclic) bond motifs is 1. The van der Waals surface area contributed by atoms with E-state index in [4.69, 9.17) is 9.47 Å². The predicted molar refractivity (Wildman–Crippen MR) is 113 cm³/mol. The second-order valence-corrected chi connectivity index (χ2v) is 7.19. The lowest BCUT2D eigenvalue weighted by Crippen LogP contribution is -1.95. The summed E-state index contributed by atoms with van der Waals surface area (Å²) in [6, 6.07) is 16.3. The largest absolute Gasteiger partial charge is 0.497 e. The molecule has 136 valence electrons. The Bertz CT molecular complexity index is 1100. The van der Waals surface area contributed by atoms with E-state index in [1.807, 2.05) is 30.3 Å². The molecule has 0 saturated carbocycles. The number of para-hydroxylation sites is 1. The number of rotatable bonds is 5. The highest BCUT2D eigenvalue weighted by Gasteiger charge is 2.10. The van der Waals surface area contributed by atoms with Gasteiger partial charge in [0.05, 0.1) is 14.2 Å². The summed E-state index contributed by atoms with van der Waals surface area (Å²) in [5, 5.41) is 6.68. The van der Waals surface area contributed by atoms with Gasteiger partial charge in [0, 0.05) is 33.9 Å². The Balaban J connectivity index is 1.78. The first-order valence-corrected chi connectivity index (χ1v) is 9.49. The lowest BCUT2D eigenvalue weighted by atomic mass is 10.1. The van der Waals surface area contributed by atoms with Gasteiger partial charge in [0.2, 0.25) is 0 Å². The van der Waals surface area contributed by atoms with Crippen LogP contribution in [0.1, 0.15) is 5.56 Å². The Kier molecular flexibility index (Phi) is 4.69. The smallest absolute Gasteiger partial charge is 0.145 e. The monoisotopic (exact) mass is 376 g/mol. The molecule has 2 heterocycles. The summed E-state index contributed by atoms with van der Waals surface area (Å²) in [4.78, 5) is 5.69. The first kappa shape index (κ1) is 17.4. The number of nitrogens with one attached hydrogen (secondary N) is 1. The highest BCUT2D eigenvalue weighted by Crippen LogP contribution is 2.35. The fourth-order valence-corrected chi connectivity index (χ4v) is 3.98. The maximum Gasteiger partial charge on any atom is 0.145 e. The highest BCUT2D eigenvalue weighted by atomic mass is 32.1. The minimum Gasteiger partial charge on any atom is -0.497 e. The Morgan fingerprint density at radius 2 is 1.89 bits per heavy atom. The van der Waals surface area contributed by atoms with Gasteiger partial charge in [0.15, 0.2) is 0 Å².